The summed E-state index contributed by atoms with van der Waals surface area (Å²) in [7, 11) is 0. The minimum Gasteiger partial charge on any atom is -0.455 e. The number of nitrogens with zero attached hydrogens (tertiary/aromatic N) is 2. The topological polar surface area (TPSA) is 38.9 Å². The highest BCUT2D eigenvalue weighted by atomic mass is 16.3. The summed E-state index contributed by atoms with van der Waals surface area (Å²) in [6.45, 7) is 0. The van der Waals surface area contributed by atoms with Gasteiger partial charge in [0.1, 0.15) is 11.2 Å². The summed E-state index contributed by atoms with van der Waals surface area (Å²) in [6, 6.07) is 64.5. The maximum atomic E-state index is 6.48. The molecule has 0 bridgehead atoms. The minimum atomic E-state index is 0.679. The first-order chi connectivity index (χ1) is 26.3. The molecule has 9 aromatic carbocycles. The van der Waals surface area contributed by atoms with Crippen molar-refractivity contribution in [2.45, 2.75) is 0 Å². The van der Waals surface area contributed by atoms with Gasteiger partial charge in [0.2, 0.25) is 0 Å². The third-order valence-electron chi connectivity index (χ3n) is 10.6. The van der Waals surface area contributed by atoms with Crippen LogP contribution in [0.25, 0.3) is 110 Å². The molecule has 0 aliphatic heterocycles. The van der Waals surface area contributed by atoms with Gasteiger partial charge in [-0.3, -0.25) is 0 Å². The van der Waals surface area contributed by atoms with E-state index < -0.39 is 0 Å². The molecule has 0 aliphatic rings. The van der Waals surface area contributed by atoms with Crippen molar-refractivity contribution in [1.29, 1.82) is 0 Å². The lowest BCUT2D eigenvalue weighted by atomic mass is 9.91. The fourth-order valence-electron chi connectivity index (χ4n) is 8.14. The fourth-order valence-corrected chi connectivity index (χ4v) is 8.14. The van der Waals surface area contributed by atoms with Gasteiger partial charge in [-0.2, -0.15) is 0 Å². The van der Waals surface area contributed by atoms with Gasteiger partial charge in [-0.25, -0.2) is 9.97 Å². The molecular weight excluding hydrogens is 645 g/mol. The number of hydrogen-bond acceptors (Lipinski definition) is 3. The Kier molecular flexibility index (Phi) is 6.55. The summed E-state index contributed by atoms with van der Waals surface area (Å²) in [5, 5.41) is 10.8. The molecule has 3 nitrogen and oxygen atoms in total. The SMILES string of the molecule is c1ccc(-c2nc(-c3cccc(-c4cccc(-c5ccc6c7ccccc7c7ccccc7c6c5)c4)c3)nc3ccc4c5ccccc5oc4c23)cc1. The molecule has 11 rings (SSSR count). The third kappa shape index (κ3) is 4.75. The molecule has 0 N–H and O–H groups in total. The predicted octanol–water partition coefficient (Wildman–Crippen LogP) is 13.7. The summed E-state index contributed by atoms with van der Waals surface area (Å²) in [5.41, 5.74) is 9.99. The van der Waals surface area contributed by atoms with Crippen LogP contribution < -0.4 is 0 Å². The van der Waals surface area contributed by atoms with E-state index >= 15 is 0 Å². The Bertz CT molecular complexity index is 3200. The largest absolute Gasteiger partial charge is 0.455 e. The molecule has 53 heavy (non-hydrogen) atoms. The third-order valence-corrected chi connectivity index (χ3v) is 10.6. The van der Waals surface area contributed by atoms with Crippen LogP contribution in [0, 0.1) is 0 Å². The lowest BCUT2D eigenvalue weighted by Gasteiger charge is -2.13. The normalized spacial score (nSPS) is 11.8. The highest BCUT2D eigenvalue weighted by Crippen LogP contribution is 2.40. The van der Waals surface area contributed by atoms with Crippen molar-refractivity contribution in [3.8, 4) is 44.9 Å². The van der Waals surface area contributed by atoms with Crippen molar-refractivity contribution in [1.82, 2.24) is 9.97 Å². The van der Waals surface area contributed by atoms with Crippen LogP contribution in [0.15, 0.2) is 186 Å². The molecule has 0 saturated heterocycles. The number of benzene rings is 9. The number of furan rings is 1. The molecule has 2 aromatic heterocycles. The summed E-state index contributed by atoms with van der Waals surface area (Å²) in [6.07, 6.45) is 0. The Morgan fingerprint density at radius 2 is 0.830 bits per heavy atom. The fraction of sp³-hybridized carbons (Fsp3) is 0. The van der Waals surface area contributed by atoms with Gasteiger partial charge < -0.3 is 4.42 Å². The Morgan fingerprint density at radius 1 is 0.321 bits per heavy atom. The second kappa shape index (κ2) is 11.7. The number of aromatic nitrogens is 2. The first-order valence-electron chi connectivity index (χ1n) is 18.0. The molecule has 0 radical (unpaired) electrons. The second-order valence-electron chi connectivity index (χ2n) is 13.7. The number of para-hydroxylation sites is 1. The standard InChI is InChI=1S/C50H30N2O/c1-2-12-31(13-3-1)48-47-45(27-26-43-42-22-8-9-23-46(42)53-49(43)47)51-50(52-48)36-17-11-16-34(29-36)32-14-10-15-33(28-32)35-24-25-41-39-20-5-4-18-37(39)38-19-6-7-21-40(38)44(41)30-35/h1-30H. The van der Waals surface area contributed by atoms with Crippen LogP contribution in [0.3, 0.4) is 0 Å². The van der Waals surface area contributed by atoms with Crippen LogP contribution in [-0.2, 0) is 0 Å². The molecule has 0 unspecified atom stereocenters. The summed E-state index contributed by atoms with van der Waals surface area (Å²) in [5.74, 6) is 0.679. The van der Waals surface area contributed by atoms with Crippen LogP contribution in [0.1, 0.15) is 0 Å². The monoisotopic (exact) mass is 674 g/mol. The maximum Gasteiger partial charge on any atom is 0.160 e. The van der Waals surface area contributed by atoms with E-state index in [0.29, 0.717) is 5.82 Å². The van der Waals surface area contributed by atoms with Gasteiger partial charge in [-0.15, -0.1) is 0 Å². The maximum absolute atomic E-state index is 6.48. The molecule has 11 aromatic rings. The van der Waals surface area contributed by atoms with Gasteiger partial charge in [0.15, 0.2) is 5.82 Å². The smallest absolute Gasteiger partial charge is 0.160 e. The van der Waals surface area contributed by atoms with E-state index in [1.807, 2.05) is 24.3 Å². The quantitative estimate of drug-likeness (QED) is 0.174. The van der Waals surface area contributed by atoms with Crippen LogP contribution in [0.2, 0.25) is 0 Å². The number of hydrogen-bond donors (Lipinski definition) is 0. The zero-order chi connectivity index (χ0) is 34.9. The highest BCUT2D eigenvalue weighted by molar-refractivity contribution is 6.25. The molecule has 3 heteroatoms. The average Bonchev–Trinajstić information content (AvgIpc) is 3.63. The first-order valence-corrected chi connectivity index (χ1v) is 18.0. The number of fused-ring (bicyclic) bond motifs is 11. The van der Waals surface area contributed by atoms with E-state index in [0.717, 1.165) is 60.8 Å². The van der Waals surface area contributed by atoms with E-state index in [1.165, 1.54) is 43.4 Å². The van der Waals surface area contributed by atoms with E-state index in [1.54, 1.807) is 0 Å². The van der Waals surface area contributed by atoms with Crippen LogP contribution in [-0.4, -0.2) is 9.97 Å². The van der Waals surface area contributed by atoms with Gasteiger partial charge in [-0.05, 0) is 91.0 Å². The van der Waals surface area contributed by atoms with Crippen molar-refractivity contribution in [2.75, 3.05) is 0 Å². The lowest BCUT2D eigenvalue weighted by Crippen LogP contribution is -1.96. The van der Waals surface area contributed by atoms with E-state index in [2.05, 4.69) is 158 Å². The lowest BCUT2D eigenvalue weighted by molar-refractivity contribution is 0.672. The van der Waals surface area contributed by atoms with Gasteiger partial charge in [0.25, 0.3) is 0 Å². The predicted molar refractivity (Wildman–Crippen MR) is 221 cm³/mol. The van der Waals surface area contributed by atoms with Gasteiger partial charge in [0.05, 0.1) is 16.6 Å². The molecule has 0 atom stereocenters. The van der Waals surface area contributed by atoms with Crippen LogP contribution in [0.4, 0.5) is 0 Å². The molecular formula is C50H30N2O. The van der Waals surface area contributed by atoms with Gasteiger partial charge in [0, 0.05) is 21.9 Å². The summed E-state index contributed by atoms with van der Waals surface area (Å²) >= 11 is 0. The zero-order valence-electron chi connectivity index (χ0n) is 28.6. The average molecular weight is 675 g/mol. The molecule has 0 aliphatic carbocycles. The molecule has 2 heterocycles. The summed E-state index contributed by atoms with van der Waals surface area (Å²) in [4.78, 5) is 10.4. The first kappa shape index (κ1) is 29.6. The minimum absolute atomic E-state index is 0.679. The molecule has 0 spiro atoms. The zero-order valence-corrected chi connectivity index (χ0v) is 28.6. The van der Waals surface area contributed by atoms with E-state index in [-0.39, 0.29) is 0 Å². The van der Waals surface area contributed by atoms with Gasteiger partial charge in [-0.1, -0.05) is 146 Å². The Morgan fingerprint density at radius 3 is 1.53 bits per heavy atom. The van der Waals surface area contributed by atoms with E-state index in [4.69, 9.17) is 14.4 Å². The molecule has 0 fully saturated rings. The Labute approximate surface area is 305 Å². The van der Waals surface area contributed by atoms with Crippen LogP contribution >= 0.6 is 0 Å². The summed E-state index contributed by atoms with van der Waals surface area (Å²) < 4.78 is 6.48. The Balaban J connectivity index is 1.04. The highest BCUT2D eigenvalue weighted by Gasteiger charge is 2.19. The van der Waals surface area contributed by atoms with Crippen molar-refractivity contribution >= 4 is 65.2 Å². The van der Waals surface area contributed by atoms with Gasteiger partial charge >= 0.3 is 0 Å². The van der Waals surface area contributed by atoms with E-state index in [9.17, 15) is 0 Å². The molecule has 246 valence electrons. The molecule has 0 amide bonds. The molecule has 0 saturated carbocycles. The van der Waals surface area contributed by atoms with Crippen molar-refractivity contribution in [2.24, 2.45) is 0 Å². The van der Waals surface area contributed by atoms with Crippen molar-refractivity contribution in [3.63, 3.8) is 0 Å². The second-order valence-corrected chi connectivity index (χ2v) is 13.7. The number of rotatable bonds is 4. The van der Waals surface area contributed by atoms with Crippen molar-refractivity contribution < 1.29 is 4.42 Å². The Hall–Kier alpha value is -7.10. The van der Waals surface area contributed by atoms with Crippen molar-refractivity contribution in [3.05, 3.63) is 182 Å². The van der Waals surface area contributed by atoms with Crippen LogP contribution in [0.5, 0.6) is 0 Å².